The lowest BCUT2D eigenvalue weighted by atomic mass is 10.3. The Balaban J connectivity index is 1.69. The van der Waals surface area contributed by atoms with Crippen LogP contribution in [0.2, 0.25) is 0 Å². The minimum atomic E-state index is 0.442. The number of ether oxygens (including phenoxy) is 3. The fraction of sp³-hybridized carbons (Fsp3) is 0.478. The van der Waals surface area contributed by atoms with E-state index in [9.17, 15) is 0 Å². The maximum absolute atomic E-state index is 5.63. The summed E-state index contributed by atoms with van der Waals surface area (Å²) in [6.45, 7) is 8.82. The fourth-order valence-electron chi connectivity index (χ4n) is 2.60. The second-order valence-electron chi connectivity index (χ2n) is 6.54. The molecule has 0 atom stereocenters. The topological polar surface area (TPSA) is 77.0 Å². The van der Waals surface area contributed by atoms with E-state index in [1.165, 1.54) is 0 Å². The van der Waals surface area contributed by atoms with Crippen molar-refractivity contribution in [3.8, 4) is 11.6 Å². The van der Waals surface area contributed by atoms with Gasteiger partial charge in [0.25, 0.3) is 0 Å². The SMILES string of the molecule is CCNC(=NCc1ccc(OCCOc2ccccc2)nc1)NCCCCOCC. The molecule has 0 saturated carbocycles. The van der Waals surface area contributed by atoms with Crippen LogP contribution in [0.5, 0.6) is 11.6 Å². The van der Waals surface area contributed by atoms with Crippen molar-refractivity contribution >= 4 is 5.96 Å². The summed E-state index contributed by atoms with van der Waals surface area (Å²) >= 11 is 0. The van der Waals surface area contributed by atoms with Crippen LogP contribution in [-0.2, 0) is 11.3 Å². The Hall–Kier alpha value is -2.80. The predicted molar refractivity (Wildman–Crippen MR) is 120 cm³/mol. The monoisotopic (exact) mass is 414 g/mol. The van der Waals surface area contributed by atoms with Crippen LogP contribution in [0.4, 0.5) is 0 Å². The number of hydrogen-bond acceptors (Lipinski definition) is 5. The molecule has 1 heterocycles. The molecule has 164 valence electrons. The van der Waals surface area contributed by atoms with E-state index in [1.54, 1.807) is 6.20 Å². The molecule has 0 fully saturated rings. The summed E-state index contributed by atoms with van der Waals surface area (Å²) in [6, 6.07) is 13.5. The van der Waals surface area contributed by atoms with Gasteiger partial charge in [0.2, 0.25) is 5.88 Å². The zero-order valence-electron chi connectivity index (χ0n) is 18.1. The predicted octanol–water partition coefficient (Wildman–Crippen LogP) is 3.41. The molecule has 2 rings (SSSR count). The van der Waals surface area contributed by atoms with Gasteiger partial charge < -0.3 is 24.8 Å². The van der Waals surface area contributed by atoms with E-state index in [0.29, 0.717) is 25.6 Å². The molecular weight excluding hydrogens is 380 g/mol. The number of para-hydroxylation sites is 1. The Labute approximate surface area is 179 Å². The van der Waals surface area contributed by atoms with Crippen molar-refractivity contribution in [2.24, 2.45) is 4.99 Å². The highest BCUT2D eigenvalue weighted by atomic mass is 16.5. The Morgan fingerprint density at radius 1 is 0.933 bits per heavy atom. The molecular formula is C23H34N4O3. The standard InChI is InChI=1S/C23H34N4O3/c1-3-24-23(25-14-8-9-15-28-4-2)27-19-20-12-13-22(26-18-20)30-17-16-29-21-10-6-5-7-11-21/h5-7,10-13,18H,3-4,8-9,14-17,19H2,1-2H3,(H2,24,25,27). The first-order valence-electron chi connectivity index (χ1n) is 10.7. The maximum Gasteiger partial charge on any atom is 0.213 e. The van der Waals surface area contributed by atoms with Crippen molar-refractivity contribution in [1.82, 2.24) is 15.6 Å². The lowest BCUT2D eigenvalue weighted by Gasteiger charge is -2.11. The first-order chi connectivity index (χ1) is 14.8. The summed E-state index contributed by atoms with van der Waals surface area (Å²) in [5.41, 5.74) is 1.02. The number of rotatable bonds is 14. The number of aromatic nitrogens is 1. The quantitative estimate of drug-likeness (QED) is 0.280. The minimum Gasteiger partial charge on any atom is -0.490 e. The number of unbranched alkanes of at least 4 members (excludes halogenated alkanes) is 1. The van der Waals surface area contributed by atoms with E-state index in [1.807, 2.05) is 49.4 Å². The molecule has 0 aliphatic heterocycles. The van der Waals surface area contributed by atoms with Gasteiger partial charge >= 0.3 is 0 Å². The molecule has 0 unspecified atom stereocenters. The van der Waals surface area contributed by atoms with Gasteiger partial charge in [-0.3, -0.25) is 0 Å². The van der Waals surface area contributed by atoms with Crippen LogP contribution in [-0.4, -0.2) is 50.5 Å². The van der Waals surface area contributed by atoms with Crippen molar-refractivity contribution in [1.29, 1.82) is 0 Å². The van der Waals surface area contributed by atoms with Crippen molar-refractivity contribution in [3.63, 3.8) is 0 Å². The molecule has 1 aromatic heterocycles. The number of aliphatic imine (C=N–C) groups is 1. The summed E-state index contributed by atoms with van der Waals surface area (Å²) < 4.78 is 16.6. The summed E-state index contributed by atoms with van der Waals surface area (Å²) in [5, 5.41) is 6.61. The zero-order chi connectivity index (χ0) is 21.3. The number of benzene rings is 1. The van der Waals surface area contributed by atoms with E-state index in [-0.39, 0.29) is 0 Å². The molecule has 0 spiro atoms. The lowest BCUT2D eigenvalue weighted by Crippen LogP contribution is -2.37. The molecule has 2 N–H and O–H groups in total. The van der Waals surface area contributed by atoms with Crippen LogP contribution in [0, 0.1) is 0 Å². The van der Waals surface area contributed by atoms with Crippen LogP contribution >= 0.6 is 0 Å². The lowest BCUT2D eigenvalue weighted by molar-refractivity contribution is 0.143. The van der Waals surface area contributed by atoms with Gasteiger partial charge in [-0.25, -0.2) is 9.98 Å². The van der Waals surface area contributed by atoms with Crippen molar-refractivity contribution in [2.75, 3.05) is 39.5 Å². The molecule has 7 heteroatoms. The molecule has 1 aromatic carbocycles. The smallest absolute Gasteiger partial charge is 0.213 e. The molecule has 0 aliphatic carbocycles. The number of pyridine rings is 1. The van der Waals surface area contributed by atoms with Gasteiger partial charge in [-0.1, -0.05) is 24.3 Å². The van der Waals surface area contributed by atoms with Crippen molar-refractivity contribution in [2.45, 2.75) is 33.2 Å². The molecule has 7 nitrogen and oxygen atoms in total. The highest BCUT2D eigenvalue weighted by Crippen LogP contribution is 2.10. The third-order valence-electron chi connectivity index (χ3n) is 4.12. The van der Waals surface area contributed by atoms with E-state index in [0.717, 1.165) is 56.4 Å². The Bertz CT molecular complexity index is 708. The number of guanidine groups is 1. The Morgan fingerprint density at radius 3 is 2.50 bits per heavy atom. The van der Waals surface area contributed by atoms with E-state index >= 15 is 0 Å². The van der Waals surface area contributed by atoms with Gasteiger partial charge in [-0.05, 0) is 44.4 Å². The maximum atomic E-state index is 5.63. The number of nitrogens with one attached hydrogen (secondary N) is 2. The van der Waals surface area contributed by atoms with Crippen LogP contribution in [0.15, 0.2) is 53.7 Å². The fourth-order valence-corrected chi connectivity index (χ4v) is 2.60. The summed E-state index contributed by atoms with van der Waals surface area (Å²) in [6.07, 6.45) is 3.89. The third-order valence-corrected chi connectivity index (χ3v) is 4.12. The zero-order valence-corrected chi connectivity index (χ0v) is 18.1. The first-order valence-corrected chi connectivity index (χ1v) is 10.7. The number of hydrogen-bond donors (Lipinski definition) is 2. The molecule has 0 amide bonds. The third kappa shape index (κ3) is 10.1. The van der Waals surface area contributed by atoms with Crippen LogP contribution in [0.25, 0.3) is 0 Å². The van der Waals surface area contributed by atoms with Crippen molar-refractivity contribution in [3.05, 3.63) is 54.2 Å². The van der Waals surface area contributed by atoms with Gasteiger partial charge in [0.05, 0.1) is 6.54 Å². The van der Waals surface area contributed by atoms with E-state index in [2.05, 4.69) is 27.5 Å². The summed E-state index contributed by atoms with van der Waals surface area (Å²) in [7, 11) is 0. The number of nitrogens with zero attached hydrogens (tertiary/aromatic N) is 2. The van der Waals surface area contributed by atoms with Gasteiger partial charge in [0.15, 0.2) is 5.96 Å². The first kappa shape index (κ1) is 23.5. The van der Waals surface area contributed by atoms with Crippen molar-refractivity contribution < 1.29 is 14.2 Å². The molecule has 2 aromatic rings. The van der Waals surface area contributed by atoms with Gasteiger partial charge in [-0.15, -0.1) is 0 Å². The molecule has 30 heavy (non-hydrogen) atoms. The van der Waals surface area contributed by atoms with Gasteiger partial charge in [0.1, 0.15) is 19.0 Å². The average molecular weight is 415 g/mol. The summed E-state index contributed by atoms with van der Waals surface area (Å²) in [4.78, 5) is 8.97. The largest absolute Gasteiger partial charge is 0.490 e. The van der Waals surface area contributed by atoms with Crippen LogP contribution in [0.1, 0.15) is 32.3 Å². The second-order valence-corrected chi connectivity index (χ2v) is 6.54. The normalized spacial score (nSPS) is 11.2. The molecule has 0 aliphatic rings. The summed E-state index contributed by atoms with van der Waals surface area (Å²) in [5.74, 6) is 2.23. The highest BCUT2D eigenvalue weighted by Gasteiger charge is 2.00. The van der Waals surface area contributed by atoms with E-state index in [4.69, 9.17) is 14.2 Å². The Kier molecular flexibility index (Phi) is 11.8. The van der Waals surface area contributed by atoms with Gasteiger partial charge in [-0.2, -0.15) is 0 Å². The molecule has 0 bridgehead atoms. The average Bonchev–Trinajstić information content (AvgIpc) is 2.79. The second kappa shape index (κ2) is 15.1. The van der Waals surface area contributed by atoms with E-state index < -0.39 is 0 Å². The Morgan fingerprint density at radius 2 is 1.77 bits per heavy atom. The minimum absolute atomic E-state index is 0.442. The van der Waals surface area contributed by atoms with Crippen LogP contribution in [0.3, 0.4) is 0 Å². The van der Waals surface area contributed by atoms with Crippen LogP contribution < -0.4 is 20.1 Å². The highest BCUT2D eigenvalue weighted by molar-refractivity contribution is 5.79. The van der Waals surface area contributed by atoms with Gasteiger partial charge in [0, 0.05) is 38.6 Å². The molecule has 0 saturated heterocycles. The molecule has 0 radical (unpaired) electrons.